The van der Waals surface area contributed by atoms with Crippen LogP contribution in [-0.4, -0.2) is 32.3 Å². The predicted octanol–water partition coefficient (Wildman–Crippen LogP) is 4.22. The zero-order valence-electron chi connectivity index (χ0n) is 14.9. The molecule has 2 saturated heterocycles. The Labute approximate surface area is 163 Å². The monoisotopic (exact) mass is 417 g/mol. The lowest BCUT2D eigenvalue weighted by Gasteiger charge is -2.39. The van der Waals surface area contributed by atoms with Crippen molar-refractivity contribution < 1.29 is 14.2 Å². The average Bonchev–Trinajstić information content (AvgIpc) is 2.66. The number of piperidine rings is 1. The molecule has 0 bridgehead atoms. The topological polar surface area (TPSA) is 39.7 Å². The zero-order chi connectivity index (χ0) is 18.0. The largest absolute Gasteiger partial charge is 0.488 e. The third-order valence-electron chi connectivity index (χ3n) is 5.33. The van der Waals surface area contributed by atoms with Crippen LogP contribution in [0, 0.1) is 0 Å². The maximum atomic E-state index is 5.79. The van der Waals surface area contributed by atoms with E-state index in [1.54, 1.807) is 0 Å². The maximum absolute atomic E-state index is 5.79. The lowest BCUT2D eigenvalue weighted by Crippen LogP contribution is -2.42. The van der Waals surface area contributed by atoms with Crippen molar-refractivity contribution in [1.29, 1.82) is 0 Å². The first-order valence-corrected chi connectivity index (χ1v) is 9.96. The molecule has 0 amide bonds. The van der Waals surface area contributed by atoms with E-state index in [-0.39, 0.29) is 18.0 Å². The Bertz CT molecular complexity index is 720. The summed E-state index contributed by atoms with van der Waals surface area (Å²) < 4.78 is 17.7. The highest BCUT2D eigenvalue weighted by Crippen LogP contribution is 2.41. The minimum Gasteiger partial charge on any atom is -0.488 e. The molecule has 0 saturated carbocycles. The lowest BCUT2D eigenvalue weighted by molar-refractivity contribution is -0.380. The summed E-state index contributed by atoms with van der Waals surface area (Å²) in [5.41, 5.74) is 2.78. The van der Waals surface area contributed by atoms with Crippen LogP contribution in [0.15, 0.2) is 53.0 Å². The van der Waals surface area contributed by atoms with Gasteiger partial charge in [-0.05, 0) is 68.2 Å². The van der Waals surface area contributed by atoms with Gasteiger partial charge >= 0.3 is 0 Å². The molecule has 1 N–H and O–H groups in total. The number of nitrogens with one attached hydrogen (secondary N) is 1. The van der Waals surface area contributed by atoms with Crippen molar-refractivity contribution in [3.8, 4) is 5.75 Å². The molecule has 138 valence electrons. The van der Waals surface area contributed by atoms with Crippen molar-refractivity contribution in [1.82, 2.24) is 5.32 Å². The van der Waals surface area contributed by atoms with Crippen molar-refractivity contribution in [2.24, 2.45) is 0 Å². The highest BCUT2D eigenvalue weighted by molar-refractivity contribution is 9.10. The van der Waals surface area contributed by atoms with Crippen LogP contribution in [0.2, 0.25) is 0 Å². The number of hydrogen-bond donors (Lipinski definition) is 1. The van der Waals surface area contributed by atoms with Gasteiger partial charge in [-0.3, -0.25) is 0 Å². The Kier molecular flexibility index (Phi) is 5.32. The zero-order valence-corrected chi connectivity index (χ0v) is 16.5. The van der Waals surface area contributed by atoms with Gasteiger partial charge in [0.25, 0.3) is 0 Å². The first-order valence-electron chi connectivity index (χ1n) is 9.17. The Morgan fingerprint density at radius 3 is 2.15 bits per heavy atom. The fraction of sp³-hybridized carbons (Fsp3) is 0.429. The average molecular weight is 418 g/mol. The standard InChI is InChI=1S/C21H24BrNO3/c1-15-25-20(26-15)14-24-19-8-4-17(5-9-19)21(10-12-23-13-11-21)16-2-6-18(22)7-3-16/h2-9,15,20,23H,10-14H2,1H3. The van der Waals surface area contributed by atoms with Gasteiger partial charge in [0, 0.05) is 9.89 Å². The second kappa shape index (κ2) is 7.69. The lowest BCUT2D eigenvalue weighted by atomic mass is 9.68. The minimum absolute atomic E-state index is 0.0557. The molecule has 5 heteroatoms. The minimum atomic E-state index is -0.247. The summed E-state index contributed by atoms with van der Waals surface area (Å²) in [6, 6.07) is 17.3. The molecule has 0 aliphatic carbocycles. The smallest absolute Gasteiger partial charge is 0.197 e. The second-order valence-electron chi connectivity index (χ2n) is 6.94. The molecule has 4 rings (SSSR count). The van der Waals surface area contributed by atoms with Gasteiger partial charge in [0.1, 0.15) is 12.4 Å². The van der Waals surface area contributed by atoms with Crippen LogP contribution in [0.5, 0.6) is 5.75 Å². The van der Waals surface area contributed by atoms with E-state index in [1.807, 2.05) is 6.92 Å². The van der Waals surface area contributed by atoms with Gasteiger partial charge in [-0.25, -0.2) is 0 Å². The van der Waals surface area contributed by atoms with Crippen LogP contribution in [0.25, 0.3) is 0 Å². The van der Waals surface area contributed by atoms with Crippen LogP contribution in [0.3, 0.4) is 0 Å². The van der Waals surface area contributed by atoms with Gasteiger partial charge in [-0.2, -0.15) is 0 Å². The summed E-state index contributed by atoms with van der Waals surface area (Å²) in [5, 5.41) is 3.49. The van der Waals surface area contributed by atoms with E-state index in [0.29, 0.717) is 6.61 Å². The SMILES string of the molecule is CC1OC(COc2ccc(C3(c4ccc(Br)cc4)CCNCC3)cc2)O1. The van der Waals surface area contributed by atoms with E-state index in [9.17, 15) is 0 Å². The summed E-state index contributed by atoms with van der Waals surface area (Å²) >= 11 is 3.55. The molecular weight excluding hydrogens is 394 g/mol. The molecule has 2 fully saturated rings. The summed E-state index contributed by atoms with van der Waals surface area (Å²) in [6.07, 6.45) is 1.83. The predicted molar refractivity (Wildman–Crippen MR) is 104 cm³/mol. The maximum Gasteiger partial charge on any atom is 0.197 e. The van der Waals surface area contributed by atoms with E-state index in [2.05, 4.69) is 69.8 Å². The number of rotatable bonds is 5. The summed E-state index contributed by atoms with van der Waals surface area (Å²) in [7, 11) is 0. The van der Waals surface area contributed by atoms with E-state index in [0.717, 1.165) is 36.2 Å². The summed E-state index contributed by atoms with van der Waals surface area (Å²) in [5.74, 6) is 0.848. The molecule has 0 spiro atoms. The van der Waals surface area contributed by atoms with Gasteiger partial charge < -0.3 is 19.5 Å². The normalized spacial score (nSPS) is 24.7. The third kappa shape index (κ3) is 3.67. The van der Waals surface area contributed by atoms with Crippen LogP contribution in [-0.2, 0) is 14.9 Å². The Balaban J connectivity index is 1.53. The summed E-state index contributed by atoms with van der Waals surface area (Å²) in [6.45, 7) is 4.36. The molecule has 2 heterocycles. The highest BCUT2D eigenvalue weighted by atomic mass is 79.9. The van der Waals surface area contributed by atoms with Crippen molar-refractivity contribution in [3.05, 3.63) is 64.1 Å². The van der Waals surface area contributed by atoms with Crippen molar-refractivity contribution in [2.75, 3.05) is 19.7 Å². The number of halogens is 1. The molecule has 0 atom stereocenters. The van der Waals surface area contributed by atoms with Crippen molar-refractivity contribution in [2.45, 2.75) is 37.8 Å². The molecular formula is C21H24BrNO3. The van der Waals surface area contributed by atoms with Gasteiger partial charge in [0.2, 0.25) is 0 Å². The van der Waals surface area contributed by atoms with Crippen molar-refractivity contribution >= 4 is 15.9 Å². The van der Waals surface area contributed by atoms with Crippen molar-refractivity contribution in [3.63, 3.8) is 0 Å². The second-order valence-corrected chi connectivity index (χ2v) is 7.86. The number of ether oxygens (including phenoxy) is 3. The van der Waals surface area contributed by atoms with E-state index >= 15 is 0 Å². The first-order chi connectivity index (χ1) is 12.7. The number of benzene rings is 2. The summed E-state index contributed by atoms with van der Waals surface area (Å²) in [4.78, 5) is 0. The molecule has 2 aliphatic heterocycles. The fourth-order valence-corrected chi connectivity index (χ4v) is 4.18. The molecule has 2 aromatic carbocycles. The number of hydrogen-bond acceptors (Lipinski definition) is 4. The van der Waals surface area contributed by atoms with Crippen LogP contribution in [0.4, 0.5) is 0 Å². The molecule has 2 aliphatic rings. The highest BCUT2D eigenvalue weighted by Gasteiger charge is 2.35. The molecule has 0 unspecified atom stereocenters. The van der Waals surface area contributed by atoms with Crippen LogP contribution < -0.4 is 10.1 Å². The third-order valence-corrected chi connectivity index (χ3v) is 5.86. The van der Waals surface area contributed by atoms with E-state index in [4.69, 9.17) is 14.2 Å². The molecule has 26 heavy (non-hydrogen) atoms. The Morgan fingerprint density at radius 1 is 1.00 bits per heavy atom. The molecule has 4 nitrogen and oxygen atoms in total. The van der Waals surface area contributed by atoms with Gasteiger partial charge in [0.15, 0.2) is 12.6 Å². The van der Waals surface area contributed by atoms with Gasteiger partial charge in [0.05, 0.1) is 0 Å². The van der Waals surface area contributed by atoms with Crippen LogP contribution in [0.1, 0.15) is 30.9 Å². The Hall–Kier alpha value is -1.40. The van der Waals surface area contributed by atoms with Gasteiger partial charge in [-0.1, -0.05) is 40.2 Å². The molecule has 0 aromatic heterocycles. The van der Waals surface area contributed by atoms with E-state index in [1.165, 1.54) is 11.1 Å². The fourth-order valence-electron chi connectivity index (χ4n) is 3.92. The van der Waals surface area contributed by atoms with Crippen LogP contribution >= 0.6 is 15.9 Å². The Morgan fingerprint density at radius 2 is 1.58 bits per heavy atom. The molecule has 2 aromatic rings. The first kappa shape index (κ1) is 18.0. The van der Waals surface area contributed by atoms with E-state index < -0.39 is 0 Å². The quantitative estimate of drug-likeness (QED) is 0.790. The van der Waals surface area contributed by atoms with Gasteiger partial charge in [-0.15, -0.1) is 0 Å². The molecule has 0 radical (unpaired) electrons.